The van der Waals surface area contributed by atoms with Crippen LogP contribution in [-0.4, -0.2) is 54.4 Å². The molecule has 0 radical (unpaired) electrons. The van der Waals surface area contributed by atoms with Gasteiger partial charge in [-0.05, 0) is 40.2 Å². The number of rotatable bonds is 4. The highest BCUT2D eigenvalue weighted by atomic mass is 79.9. The Bertz CT molecular complexity index is 1100. The van der Waals surface area contributed by atoms with Gasteiger partial charge >= 0.3 is 6.61 Å². The van der Waals surface area contributed by atoms with Gasteiger partial charge in [0.15, 0.2) is 5.76 Å². The average Bonchev–Trinajstić information content (AvgIpc) is 3.38. The maximum absolute atomic E-state index is 13.1. The van der Waals surface area contributed by atoms with Gasteiger partial charge < -0.3 is 19.0 Å². The Kier molecular flexibility index (Phi) is 5.99. The summed E-state index contributed by atoms with van der Waals surface area (Å²) in [5.41, 5.74) is 0. The average molecular weight is 520 g/mol. The molecule has 2 amide bonds. The van der Waals surface area contributed by atoms with Gasteiger partial charge in [-0.15, -0.1) is 11.3 Å². The Morgan fingerprint density at radius 1 is 1.13 bits per heavy atom. The van der Waals surface area contributed by atoms with E-state index in [0.29, 0.717) is 35.4 Å². The fraction of sp³-hybridized carbons (Fsp3) is 0.263. The van der Waals surface area contributed by atoms with E-state index < -0.39 is 6.61 Å². The normalized spacial score (nSPS) is 14.6. The van der Waals surface area contributed by atoms with E-state index in [4.69, 9.17) is 16.0 Å². The van der Waals surface area contributed by atoms with E-state index in [1.54, 1.807) is 28.0 Å². The minimum Gasteiger partial charge on any atom is -0.459 e. The monoisotopic (exact) mass is 518 g/mol. The van der Waals surface area contributed by atoms with Crippen molar-refractivity contribution >= 4 is 60.8 Å². The second-order valence-corrected chi connectivity index (χ2v) is 8.69. The van der Waals surface area contributed by atoms with Crippen LogP contribution in [-0.2, 0) is 0 Å². The summed E-state index contributed by atoms with van der Waals surface area (Å²) in [5, 5.41) is 0.345. The number of hydrogen-bond acceptors (Lipinski definition) is 5. The van der Waals surface area contributed by atoms with Crippen molar-refractivity contribution in [1.82, 2.24) is 9.80 Å². The van der Waals surface area contributed by atoms with Gasteiger partial charge in [-0.25, -0.2) is 0 Å². The predicted octanol–water partition coefficient (Wildman–Crippen LogP) is 5.11. The zero-order valence-electron chi connectivity index (χ0n) is 15.2. The summed E-state index contributed by atoms with van der Waals surface area (Å²) in [6.07, 6.45) is 1.43. The molecule has 6 nitrogen and oxygen atoms in total. The zero-order chi connectivity index (χ0) is 21.4. The number of thiophene rings is 1. The third kappa shape index (κ3) is 3.91. The molecule has 0 aliphatic carbocycles. The Labute approximate surface area is 187 Å². The number of fused-ring (bicyclic) bond motifs is 1. The van der Waals surface area contributed by atoms with Crippen molar-refractivity contribution in [1.29, 1.82) is 0 Å². The zero-order valence-corrected chi connectivity index (χ0v) is 18.4. The van der Waals surface area contributed by atoms with Crippen LogP contribution < -0.4 is 4.74 Å². The molecular weight excluding hydrogens is 506 g/mol. The molecule has 0 bridgehead atoms. The number of carbonyl (C=O) groups is 2. The number of nitrogens with zero attached hydrogens (tertiary/aromatic N) is 2. The lowest BCUT2D eigenvalue weighted by Crippen LogP contribution is -2.50. The maximum atomic E-state index is 13.1. The van der Waals surface area contributed by atoms with E-state index in [0.717, 1.165) is 11.3 Å². The predicted molar refractivity (Wildman–Crippen MR) is 112 cm³/mol. The van der Waals surface area contributed by atoms with Crippen LogP contribution in [0, 0.1) is 0 Å². The molecule has 0 saturated carbocycles. The molecule has 158 valence electrons. The highest BCUT2D eigenvalue weighted by Crippen LogP contribution is 2.45. The Morgan fingerprint density at radius 3 is 2.40 bits per heavy atom. The molecule has 11 heteroatoms. The summed E-state index contributed by atoms with van der Waals surface area (Å²) < 4.78 is 36.4. The van der Waals surface area contributed by atoms with Crippen molar-refractivity contribution in [3.8, 4) is 5.75 Å². The molecule has 0 atom stereocenters. The second kappa shape index (κ2) is 8.52. The smallest absolute Gasteiger partial charge is 0.387 e. The van der Waals surface area contributed by atoms with E-state index >= 15 is 0 Å². The maximum Gasteiger partial charge on any atom is 0.387 e. The summed E-state index contributed by atoms with van der Waals surface area (Å²) in [6, 6.07) is 6.18. The lowest BCUT2D eigenvalue weighted by Gasteiger charge is -2.34. The van der Waals surface area contributed by atoms with Gasteiger partial charge in [0.1, 0.15) is 10.6 Å². The molecule has 4 rings (SSSR count). The lowest BCUT2D eigenvalue weighted by molar-refractivity contribution is -0.0487. The minimum absolute atomic E-state index is 0.0750. The quantitative estimate of drug-likeness (QED) is 0.481. The highest BCUT2D eigenvalue weighted by Gasteiger charge is 2.30. The molecule has 1 fully saturated rings. The molecule has 3 heterocycles. The number of halogens is 4. The highest BCUT2D eigenvalue weighted by molar-refractivity contribution is 9.10. The molecule has 1 aliphatic heterocycles. The molecule has 0 unspecified atom stereocenters. The number of piperazine rings is 1. The van der Waals surface area contributed by atoms with Crippen LogP contribution in [0.2, 0.25) is 5.02 Å². The van der Waals surface area contributed by atoms with Gasteiger partial charge in [0.25, 0.3) is 11.8 Å². The number of carbonyl (C=O) groups excluding carboxylic acids is 2. The van der Waals surface area contributed by atoms with Crippen LogP contribution in [0.5, 0.6) is 5.75 Å². The molecule has 0 spiro atoms. The van der Waals surface area contributed by atoms with Crippen molar-refractivity contribution in [3.05, 3.63) is 50.7 Å². The van der Waals surface area contributed by atoms with Crippen LogP contribution >= 0.6 is 38.9 Å². The van der Waals surface area contributed by atoms with Gasteiger partial charge in [-0.3, -0.25) is 9.59 Å². The largest absolute Gasteiger partial charge is 0.459 e. The van der Waals surface area contributed by atoms with Gasteiger partial charge in [-0.2, -0.15) is 8.78 Å². The Hall–Kier alpha value is -2.17. The van der Waals surface area contributed by atoms with E-state index in [1.807, 2.05) is 0 Å². The fourth-order valence-electron chi connectivity index (χ4n) is 3.25. The van der Waals surface area contributed by atoms with Crippen molar-refractivity contribution in [2.45, 2.75) is 6.61 Å². The fourth-order valence-corrected chi connectivity index (χ4v) is 5.35. The van der Waals surface area contributed by atoms with Crippen molar-refractivity contribution in [2.75, 3.05) is 26.2 Å². The third-order valence-corrected chi connectivity index (χ3v) is 7.32. The number of benzene rings is 1. The first kappa shape index (κ1) is 21.1. The number of ether oxygens (including phenoxy) is 1. The number of amides is 2. The van der Waals surface area contributed by atoms with Gasteiger partial charge in [-0.1, -0.05) is 11.6 Å². The van der Waals surface area contributed by atoms with Gasteiger partial charge in [0.2, 0.25) is 0 Å². The molecule has 30 heavy (non-hydrogen) atoms. The summed E-state index contributed by atoms with van der Waals surface area (Å²) in [5.74, 6) is -0.387. The molecule has 1 aliphatic rings. The van der Waals surface area contributed by atoms with Crippen LogP contribution in [0.25, 0.3) is 10.1 Å². The molecule has 1 aromatic carbocycles. The van der Waals surface area contributed by atoms with Crippen molar-refractivity contribution in [2.24, 2.45) is 0 Å². The van der Waals surface area contributed by atoms with Gasteiger partial charge in [0.05, 0.1) is 21.4 Å². The number of hydrogen-bond donors (Lipinski definition) is 0. The topological polar surface area (TPSA) is 63.0 Å². The van der Waals surface area contributed by atoms with Crippen molar-refractivity contribution < 1.29 is 27.5 Å². The second-order valence-electron chi connectivity index (χ2n) is 6.44. The number of furan rings is 1. The first-order valence-corrected chi connectivity index (χ1v) is 10.8. The van der Waals surface area contributed by atoms with Crippen molar-refractivity contribution in [3.63, 3.8) is 0 Å². The molecule has 0 N–H and O–H groups in total. The van der Waals surface area contributed by atoms with E-state index in [9.17, 15) is 18.4 Å². The van der Waals surface area contributed by atoms with Crippen LogP contribution in [0.1, 0.15) is 20.2 Å². The number of alkyl halides is 2. The van der Waals surface area contributed by atoms with Crippen LogP contribution in [0.4, 0.5) is 8.78 Å². The van der Waals surface area contributed by atoms with Crippen LogP contribution in [0.3, 0.4) is 0 Å². The van der Waals surface area contributed by atoms with Crippen LogP contribution in [0.15, 0.2) is 39.4 Å². The summed E-state index contributed by atoms with van der Waals surface area (Å²) in [7, 11) is 0. The standard InChI is InChI=1S/C19H14BrClF2N2O4S/c20-10-3-4-11(29-19(22)23)13-14(21)16(30-15(10)13)18(27)25-7-5-24(6-8-25)17(26)12-2-1-9-28-12/h1-4,9,19H,5-8H2. The summed E-state index contributed by atoms with van der Waals surface area (Å²) >= 11 is 10.9. The third-order valence-electron chi connectivity index (χ3n) is 4.69. The molecule has 2 aromatic heterocycles. The summed E-state index contributed by atoms with van der Waals surface area (Å²) in [6.45, 7) is -1.69. The molecular formula is C19H14BrClF2N2O4S. The summed E-state index contributed by atoms with van der Waals surface area (Å²) in [4.78, 5) is 28.9. The van der Waals surface area contributed by atoms with E-state index in [-0.39, 0.29) is 38.6 Å². The van der Waals surface area contributed by atoms with E-state index in [1.165, 1.54) is 12.3 Å². The Morgan fingerprint density at radius 2 is 1.80 bits per heavy atom. The first-order valence-electron chi connectivity index (χ1n) is 8.84. The molecule has 1 saturated heterocycles. The SMILES string of the molecule is O=C(c1ccco1)N1CCN(C(=O)c2sc3c(Br)ccc(OC(F)F)c3c2Cl)CC1. The molecule has 3 aromatic rings. The lowest BCUT2D eigenvalue weighted by atomic mass is 10.2. The van der Waals surface area contributed by atoms with Gasteiger partial charge in [0, 0.05) is 30.7 Å². The Balaban J connectivity index is 1.55. The van der Waals surface area contributed by atoms with E-state index in [2.05, 4.69) is 20.7 Å². The minimum atomic E-state index is -3.01. The first-order chi connectivity index (χ1) is 14.4.